The van der Waals surface area contributed by atoms with Gasteiger partial charge in [0.05, 0.1) is 11.6 Å². The maximum absolute atomic E-state index is 11.3. The molecule has 0 radical (unpaired) electrons. The highest BCUT2D eigenvalue weighted by atomic mass is 35.5. The summed E-state index contributed by atoms with van der Waals surface area (Å²) in [5.41, 5.74) is 1.46. The number of carbonyl (C=O) groups excluding carboxylic acids is 1. The highest BCUT2D eigenvalue weighted by Crippen LogP contribution is 2.29. The molecule has 0 spiro atoms. The van der Waals surface area contributed by atoms with Gasteiger partial charge in [0.15, 0.2) is 12.1 Å². The van der Waals surface area contributed by atoms with Crippen LogP contribution in [0.4, 0.5) is 11.5 Å². The third-order valence-electron chi connectivity index (χ3n) is 3.94. The van der Waals surface area contributed by atoms with Crippen LogP contribution in [0.5, 0.6) is 0 Å². The Hall–Kier alpha value is -1.81. The van der Waals surface area contributed by atoms with E-state index >= 15 is 0 Å². The molecular formula is C16H18ClN3O. The van der Waals surface area contributed by atoms with Gasteiger partial charge in [-0.3, -0.25) is 9.48 Å². The van der Waals surface area contributed by atoms with Crippen molar-refractivity contribution in [2.45, 2.75) is 38.1 Å². The second-order valence-corrected chi connectivity index (χ2v) is 5.89. The molecule has 1 N–H and O–H groups in total. The van der Waals surface area contributed by atoms with Crippen molar-refractivity contribution in [3.05, 3.63) is 41.0 Å². The summed E-state index contributed by atoms with van der Waals surface area (Å²) in [4.78, 5) is 11.3. The van der Waals surface area contributed by atoms with Crippen LogP contribution in [0.25, 0.3) is 0 Å². The number of aromatic nitrogens is 2. The third-order valence-corrected chi connectivity index (χ3v) is 4.19. The average molecular weight is 304 g/mol. The van der Waals surface area contributed by atoms with Crippen molar-refractivity contribution >= 4 is 29.4 Å². The molecule has 110 valence electrons. The van der Waals surface area contributed by atoms with Crippen molar-refractivity contribution in [2.75, 3.05) is 5.32 Å². The molecule has 2 aromatic rings. The Morgan fingerprint density at radius 1 is 1.19 bits per heavy atom. The zero-order chi connectivity index (χ0) is 14.7. The SMILES string of the molecule is O=Cc1cn(C2CCCCC2)nc1Nc1ccc(Cl)cc1. The number of benzene rings is 1. The molecule has 0 aliphatic heterocycles. The van der Waals surface area contributed by atoms with Gasteiger partial charge in [0, 0.05) is 16.9 Å². The van der Waals surface area contributed by atoms with Crippen LogP contribution in [0, 0.1) is 0 Å². The first kappa shape index (κ1) is 14.1. The molecule has 0 amide bonds. The largest absolute Gasteiger partial charge is 0.338 e. The molecule has 0 saturated heterocycles. The Balaban J connectivity index is 1.82. The molecule has 1 aromatic heterocycles. The van der Waals surface area contributed by atoms with E-state index in [1.807, 2.05) is 35.1 Å². The first-order valence-corrected chi connectivity index (χ1v) is 7.71. The summed E-state index contributed by atoms with van der Waals surface area (Å²) < 4.78 is 1.95. The highest BCUT2D eigenvalue weighted by Gasteiger charge is 2.18. The van der Waals surface area contributed by atoms with Crippen LogP contribution in [0.3, 0.4) is 0 Å². The van der Waals surface area contributed by atoms with E-state index in [2.05, 4.69) is 10.4 Å². The van der Waals surface area contributed by atoms with Crippen LogP contribution in [0.2, 0.25) is 5.02 Å². The number of hydrogen-bond acceptors (Lipinski definition) is 3. The minimum Gasteiger partial charge on any atom is -0.338 e. The van der Waals surface area contributed by atoms with Gasteiger partial charge in [0.25, 0.3) is 0 Å². The van der Waals surface area contributed by atoms with E-state index in [4.69, 9.17) is 11.6 Å². The van der Waals surface area contributed by atoms with Crippen molar-refractivity contribution < 1.29 is 4.79 Å². The lowest BCUT2D eigenvalue weighted by molar-refractivity contribution is 0.112. The fourth-order valence-corrected chi connectivity index (χ4v) is 2.92. The Bertz CT molecular complexity index is 615. The van der Waals surface area contributed by atoms with Gasteiger partial charge < -0.3 is 5.32 Å². The topological polar surface area (TPSA) is 46.9 Å². The monoisotopic (exact) mass is 303 g/mol. The van der Waals surface area contributed by atoms with Gasteiger partial charge >= 0.3 is 0 Å². The summed E-state index contributed by atoms with van der Waals surface area (Å²) >= 11 is 5.88. The summed E-state index contributed by atoms with van der Waals surface area (Å²) in [6.07, 6.45) is 8.75. The number of nitrogens with one attached hydrogen (secondary N) is 1. The lowest BCUT2D eigenvalue weighted by atomic mass is 9.96. The van der Waals surface area contributed by atoms with Crippen molar-refractivity contribution in [1.82, 2.24) is 9.78 Å². The van der Waals surface area contributed by atoms with E-state index in [0.717, 1.165) is 24.8 Å². The van der Waals surface area contributed by atoms with Crippen LogP contribution in [-0.2, 0) is 0 Å². The summed E-state index contributed by atoms with van der Waals surface area (Å²) in [6, 6.07) is 7.77. The van der Waals surface area contributed by atoms with Crippen molar-refractivity contribution in [2.24, 2.45) is 0 Å². The molecule has 1 fully saturated rings. The standard InChI is InChI=1S/C16H18ClN3O/c17-13-6-8-14(9-7-13)18-16-12(11-21)10-20(19-16)15-4-2-1-3-5-15/h6-11,15H,1-5H2,(H,18,19). The smallest absolute Gasteiger partial charge is 0.163 e. The maximum Gasteiger partial charge on any atom is 0.163 e. The summed E-state index contributed by atoms with van der Waals surface area (Å²) in [7, 11) is 0. The van der Waals surface area contributed by atoms with Gasteiger partial charge in [-0.15, -0.1) is 0 Å². The number of rotatable bonds is 4. The van der Waals surface area contributed by atoms with Crippen LogP contribution >= 0.6 is 11.6 Å². The second kappa shape index (κ2) is 6.31. The number of halogens is 1. The third kappa shape index (κ3) is 3.27. The van der Waals surface area contributed by atoms with Crippen molar-refractivity contribution in [1.29, 1.82) is 0 Å². The normalized spacial score (nSPS) is 15.9. The van der Waals surface area contributed by atoms with E-state index in [-0.39, 0.29) is 0 Å². The molecule has 0 atom stereocenters. The van der Waals surface area contributed by atoms with Gasteiger partial charge in [0.1, 0.15) is 0 Å². The van der Waals surface area contributed by atoms with Crippen molar-refractivity contribution in [3.63, 3.8) is 0 Å². The van der Waals surface area contributed by atoms with Crippen molar-refractivity contribution in [3.8, 4) is 0 Å². The molecule has 1 saturated carbocycles. The number of nitrogens with zero attached hydrogens (tertiary/aromatic N) is 2. The molecule has 1 aromatic carbocycles. The first-order chi connectivity index (χ1) is 10.3. The molecule has 5 heteroatoms. The van der Waals surface area contributed by atoms with Gasteiger partial charge in [-0.2, -0.15) is 5.10 Å². The molecule has 21 heavy (non-hydrogen) atoms. The molecule has 1 aliphatic carbocycles. The second-order valence-electron chi connectivity index (χ2n) is 5.45. The van der Waals surface area contributed by atoms with Crippen LogP contribution in [-0.4, -0.2) is 16.1 Å². The zero-order valence-corrected chi connectivity index (χ0v) is 12.5. The van der Waals surface area contributed by atoms with Crippen LogP contribution < -0.4 is 5.32 Å². The van der Waals surface area contributed by atoms with E-state index in [1.54, 1.807) is 0 Å². The number of anilines is 2. The van der Waals surface area contributed by atoms with E-state index in [0.29, 0.717) is 22.4 Å². The highest BCUT2D eigenvalue weighted by molar-refractivity contribution is 6.30. The Kier molecular flexibility index (Phi) is 4.25. The van der Waals surface area contributed by atoms with E-state index in [1.165, 1.54) is 19.3 Å². The Morgan fingerprint density at radius 2 is 1.90 bits per heavy atom. The van der Waals surface area contributed by atoms with E-state index < -0.39 is 0 Å². The lowest BCUT2D eigenvalue weighted by Gasteiger charge is -2.21. The van der Waals surface area contributed by atoms with Gasteiger partial charge in [-0.1, -0.05) is 30.9 Å². The molecule has 4 nitrogen and oxygen atoms in total. The fraction of sp³-hybridized carbons (Fsp3) is 0.375. The minimum absolute atomic E-state index is 0.415. The molecule has 3 rings (SSSR count). The lowest BCUT2D eigenvalue weighted by Crippen LogP contribution is -2.13. The Morgan fingerprint density at radius 3 is 2.57 bits per heavy atom. The molecule has 1 heterocycles. The number of hydrogen-bond donors (Lipinski definition) is 1. The first-order valence-electron chi connectivity index (χ1n) is 7.33. The maximum atomic E-state index is 11.3. The van der Waals surface area contributed by atoms with Gasteiger partial charge in [-0.25, -0.2) is 0 Å². The molecule has 0 bridgehead atoms. The summed E-state index contributed by atoms with van der Waals surface area (Å²) in [6.45, 7) is 0. The minimum atomic E-state index is 0.415. The predicted octanol–water partition coefficient (Wildman–Crippen LogP) is 4.60. The van der Waals surface area contributed by atoms with Crippen LogP contribution in [0.1, 0.15) is 48.5 Å². The van der Waals surface area contributed by atoms with Gasteiger partial charge in [-0.05, 0) is 37.1 Å². The zero-order valence-electron chi connectivity index (χ0n) is 11.8. The predicted molar refractivity (Wildman–Crippen MR) is 84.5 cm³/mol. The quantitative estimate of drug-likeness (QED) is 0.840. The Labute approximate surface area is 129 Å². The fourth-order valence-electron chi connectivity index (χ4n) is 2.79. The molecule has 0 unspecified atom stereocenters. The molecular weight excluding hydrogens is 286 g/mol. The van der Waals surface area contributed by atoms with Crippen LogP contribution in [0.15, 0.2) is 30.5 Å². The average Bonchev–Trinajstić information content (AvgIpc) is 2.93. The van der Waals surface area contributed by atoms with E-state index in [9.17, 15) is 4.79 Å². The summed E-state index contributed by atoms with van der Waals surface area (Å²) in [5.74, 6) is 0.609. The summed E-state index contributed by atoms with van der Waals surface area (Å²) in [5, 5.41) is 8.44. The number of carbonyl (C=O) groups is 1. The van der Waals surface area contributed by atoms with Gasteiger partial charge in [0.2, 0.25) is 0 Å². The molecule has 1 aliphatic rings. The number of aldehydes is 1.